The molecule has 2 aromatic heterocycles. The van der Waals surface area contributed by atoms with Crippen molar-refractivity contribution in [3.8, 4) is 11.3 Å². The van der Waals surface area contributed by atoms with Crippen molar-refractivity contribution in [1.29, 1.82) is 0 Å². The highest BCUT2D eigenvalue weighted by Gasteiger charge is 2.32. The van der Waals surface area contributed by atoms with Gasteiger partial charge in [-0.15, -0.1) is 0 Å². The number of fused-ring (bicyclic) bond motifs is 2. The second-order valence-corrected chi connectivity index (χ2v) is 7.18. The van der Waals surface area contributed by atoms with Crippen LogP contribution in [0.15, 0.2) is 27.2 Å². The Morgan fingerprint density at radius 3 is 2.61 bits per heavy atom. The van der Waals surface area contributed by atoms with E-state index in [1.165, 1.54) is 6.07 Å². The summed E-state index contributed by atoms with van der Waals surface area (Å²) < 4.78 is 37.6. The van der Waals surface area contributed by atoms with Crippen LogP contribution in [0.2, 0.25) is 0 Å². The fraction of sp³-hybridized carbons (Fsp3) is 0.350. The summed E-state index contributed by atoms with van der Waals surface area (Å²) in [4.78, 5) is 14.7. The lowest BCUT2D eigenvalue weighted by molar-refractivity contribution is 0.0717. The molecule has 0 saturated carbocycles. The van der Waals surface area contributed by atoms with Gasteiger partial charge in [-0.25, -0.2) is 8.78 Å². The molecule has 0 fully saturated rings. The maximum Gasteiger partial charge on any atom is 0.276 e. The molecule has 144 valence electrons. The van der Waals surface area contributed by atoms with Gasteiger partial charge in [0.05, 0.1) is 6.54 Å². The lowest BCUT2D eigenvalue weighted by Gasteiger charge is -2.26. The van der Waals surface area contributed by atoms with E-state index in [1.54, 1.807) is 4.90 Å². The highest BCUT2D eigenvalue weighted by Crippen LogP contribution is 2.32. The van der Waals surface area contributed by atoms with Crippen LogP contribution in [0.4, 0.5) is 8.78 Å². The summed E-state index contributed by atoms with van der Waals surface area (Å²) in [5, 5.41) is 8.05. The quantitative estimate of drug-likeness (QED) is 0.673. The van der Waals surface area contributed by atoms with Crippen LogP contribution in [0, 0.1) is 11.6 Å². The molecule has 3 heterocycles. The van der Waals surface area contributed by atoms with Gasteiger partial charge < -0.3 is 13.9 Å². The van der Waals surface area contributed by atoms with Crippen molar-refractivity contribution in [3.05, 3.63) is 58.2 Å². The van der Waals surface area contributed by atoms with Crippen molar-refractivity contribution >= 4 is 5.91 Å². The second kappa shape index (κ2) is 6.54. The van der Waals surface area contributed by atoms with Gasteiger partial charge in [-0.1, -0.05) is 10.3 Å². The van der Waals surface area contributed by atoms with Gasteiger partial charge in [0.2, 0.25) is 0 Å². The minimum Gasteiger partial charge on any atom is -0.360 e. The Morgan fingerprint density at radius 2 is 1.75 bits per heavy atom. The van der Waals surface area contributed by atoms with E-state index in [9.17, 15) is 13.6 Å². The molecule has 6 nitrogen and oxygen atoms in total. The van der Waals surface area contributed by atoms with Crippen molar-refractivity contribution < 1.29 is 22.6 Å². The Bertz CT molecular complexity index is 1070. The van der Waals surface area contributed by atoms with Crippen molar-refractivity contribution in [2.24, 2.45) is 0 Å². The molecule has 0 bridgehead atoms. The van der Waals surface area contributed by atoms with E-state index >= 15 is 0 Å². The number of carbonyl (C=O) groups excluding carboxylic acids is 1. The van der Waals surface area contributed by atoms with Crippen molar-refractivity contribution in [2.45, 2.75) is 38.6 Å². The van der Waals surface area contributed by atoms with E-state index < -0.39 is 11.6 Å². The predicted molar refractivity (Wildman–Crippen MR) is 93.4 cm³/mol. The van der Waals surface area contributed by atoms with E-state index in [0.29, 0.717) is 41.2 Å². The number of hydrogen-bond acceptors (Lipinski definition) is 5. The van der Waals surface area contributed by atoms with Crippen LogP contribution in [0.3, 0.4) is 0 Å². The summed E-state index contributed by atoms with van der Waals surface area (Å²) in [7, 11) is 0. The van der Waals surface area contributed by atoms with Crippen molar-refractivity contribution in [3.63, 3.8) is 0 Å². The van der Waals surface area contributed by atoms with Gasteiger partial charge in [-0.2, -0.15) is 0 Å². The minimum absolute atomic E-state index is 0.185. The summed E-state index contributed by atoms with van der Waals surface area (Å²) >= 11 is 0. The molecule has 0 N–H and O–H groups in total. The second-order valence-electron chi connectivity index (χ2n) is 7.18. The van der Waals surface area contributed by atoms with Gasteiger partial charge in [-0.3, -0.25) is 4.79 Å². The highest BCUT2D eigenvalue weighted by molar-refractivity contribution is 5.94. The molecular formula is C20H17F2N3O3. The molecule has 0 radical (unpaired) electrons. The Balaban J connectivity index is 1.45. The van der Waals surface area contributed by atoms with Crippen LogP contribution in [0.25, 0.3) is 11.3 Å². The van der Waals surface area contributed by atoms with E-state index in [4.69, 9.17) is 9.05 Å². The molecular weight excluding hydrogens is 368 g/mol. The number of nitrogens with zero attached hydrogens (tertiary/aromatic N) is 3. The summed E-state index contributed by atoms with van der Waals surface area (Å²) in [6, 6.07) is 3.59. The Morgan fingerprint density at radius 1 is 0.964 bits per heavy atom. The number of halogens is 2. The van der Waals surface area contributed by atoms with Gasteiger partial charge >= 0.3 is 0 Å². The first-order chi connectivity index (χ1) is 13.6. The van der Waals surface area contributed by atoms with E-state index in [0.717, 1.165) is 49.1 Å². The van der Waals surface area contributed by atoms with Gasteiger partial charge in [0, 0.05) is 36.1 Å². The first-order valence-electron chi connectivity index (χ1n) is 9.31. The number of hydrogen-bond donors (Lipinski definition) is 0. The van der Waals surface area contributed by atoms with Gasteiger partial charge in [0.25, 0.3) is 5.91 Å². The van der Waals surface area contributed by atoms with Crippen LogP contribution in [-0.4, -0.2) is 27.7 Å². The fourth-order valence-corrected chi connectivity index (χ4v) is 3.96. The third kappa shape index (κ3) is 2.71. The van der Waals surface area contributed by atoms with Gasteiger partial charge in [-0.05, 0) is 37.5 Å². The average Bonchev–Trinajstić information content (AvgIpc) is 3.33. The Labute approximate surface area is 159 Å². The number of aromatic nitrogens is 2. The van der Waals surface area contributed by atoms with Gasteiger partial charge in [0.15, 0.2) is 17.3 Å². The molecule has 28 heavy (non-hydrogen) atoms. The zero-order chi connectivity index (χ0) is 19.3. The smallest absolute Gasteiger partial charge is 0.276 e. The molecule has 1 amide bonds. The van der Waals surface area contributed by atoms with Gasteiger partial charge in [0.1, 0.15) is 17.2 Å². The fourth-order valence-electron chi connectivity index (χ4n) is 3.96. The lowest BCUT2D eigenvalue weighted by Crippen LogP contribution is -2.36. The highest BCUT2D eigenvalue weighted by atomic mass is 19.2. The summed E-state index contributed by atoms with van der Waals surface area (Å²) in [5.74, 6) is -0.596. The number of benzene rings is 1. The molecule has 3 aromatic rings. The Hall–Kier alpha value is -3.03. The largest absolute Gasteiger partial charge is 0.360 e. The Kier molecular flexibility index (Phi) is 3.99. The molecule has 0 spiro atoms. The lowest BCUT2D eigenvalue weighted by atomic mass is 9.95. The third-order valence-electron chi connectivity index (χ3n) is 5.46. The maximum absolute atomic E-state index is 13.6. The number of rotatable bonds is 2. The molecule has 0 saturated heterocycles. The first-order valence-corrected chi connectivity index (χ1v) is 9.31. The first kappa shape index (κ1) is 17.1. The zero-order valence-electron chi connectivity index (χ0n) is 15.0. The van der Waals surface area contributed by atoms with Crippen LogP contribution < -0.4 is 0 Å². The number of amides is 1. The summed E-state index contributed by atoms with van der Waals surface area (Å²) in [6.45, 7) is 0.744. The zero-order valence-corrected chi connectivity index (χ0v) is 15.0. The predicted octanol–water partition coefficient (Wildman–Crippen LogP) is 3.69. The average molecular weight is 385 g/mol. The topological polar surface area (TPSA) is 72.4 Å². The molecule has 5 rings (SSSR count). The third-order valence-corrected chi connectivity index (χ3v) is 5.46. The number of carbonyl (C=O) groups is 1. The summed E-state index contributed by atoms with van der Waals surface area (Å²) in [5.41, 5.74) is 2.84. The molecule has 8 heteroatoms. The minimum atomic E-state index is -0.952. The monoisotopic (exact) mass is 385 g/mol. The van der Waals surface area contributed by atoms with Crippen molar-refractivity contribution in [1.82, 2.24) is 15.2 Å². The molecule has 1 aliphatic heterocycles. The van der Waals surface area contributed by atoms with Crippen LogP contribution in [0.5, 0.6) is 0 Å². The number of aryl methyl sites for hydroxylation is 1. The molecule has 1 aliphatic carbocycles. The molecule has 0 atom stereocenters. The van der Waals surface area contributed by atoms with E-state index in [1.807, 2.05) is 0 Å². The maximum atomic E-state index is 13.6. The SMILES string of the molecule is O=C(c1noc2c1CCCC2)N1CCc2onc(-c3ccc(F)c(F)c3)c2C1. The molecule has 0 unspecified atom stereocenters. The molecule has 2 aliphatic rings. The standard InChI is InChI=1S/C20H17F2N3O3/c21-14-6-5-11(9-15(14)22)18-13-10-25(8-7-17(13)28-23-18)20(26)19-12-3-1-2-4-16(12)27-24-19/h5-6,9H,1-4,7-8,10H2. The van der Waals surface area contributed by atoms with Crippen LogP contribution in [-0.2, 0) is 25.8 Å². The van der Waals surface area contributed by atoms with Crippen LogP contribution >= 0.6 is 0 Å². The van der Waals surface area contributed by atoms with Crippen LogP contribution in [0.1, 0.15) is 46.0 Å². The molecule has 1 aromatic carbocycles. The normalized spacial score (nSPS) is 16.0. The summed E-state index contributed by atoms with van der Waals surface area (Å²) in [6.07, 6.45) is 4.17. The van der Waals surface area contributed by atoms with E-state index in [2.05, 4.69) is 10.3 Å². The van der Waals surface area contributed by atoms with Crippen molar-refractivity contribution in [2.75, 3.05) is 6.54 Å². The van der Waals surface area contributed by atoms with E-state index in [-0.39, 0.29) is 12.5 Å².